The molecule has 0 aliphatic heterocycles. The fraction of sp³-hybridized carbons (Fsp3) is 0.286. The van der Waals surface area contributed by atoms with Crippen molar-refractivity contribution >= 4 is 5.97 Å². The van der Waals surface area contributed by atoms with Crippen LogP contribution >= 0.6 is 0 Å². The van der Waals surface area contributed by atoms with Gasteiger partial charge in [-0.2, -0.15) is 0 Å². The van der Waals surface area contributed by atoms with Gasteiger partial charge in [0.05, 0.1) is 6.10 Å². The number of ether oxygens (including phenoxy) is 1. The van der Waals surface area contributed by atoms with Crippen LogP contribution in [0.2, 0.25) is 0 Å². The number of carbonyl (C=O) groups is 1. The maximum absolute atomic E-state index is 10.9. The third kappa shape index (κ3) is 2.93. The molecule has 19 heavy (non-hydrogen) atoms. The first-order chi connectivity index (χ1) is 8.97. The summed E-state index contributed by atoms with van der Waals surface area (Å²) in [5.41, 5.74) is 0.657. The number of rotatable bonds is 4. The fourth-order valence-corrected chi connectivity index (χ4v) is 1.67. The smallest absolute Gasteiger partial charge is 0.358 e. The predicted molar refractivity (Wildman–Crippen MR) is 69.4 cm³/mol. The minimum atomic E-state index is -1.09. The first kappa shape index (κ1) is 13.1. The summed E-state index contributed by atoms with van der Waals surface area (Å²) in [5.74, 6) is 0.253. The van der Waals surface area contributed by atoms with E-state index in [9.17, 15) is 4.79 Å². The zero-order valence-electron chi connectivity index (χ0n) is 11.0. The average molecular weight is 261 g/mol. The Morgan fingerprint density at radius 3 is 2.42 bits per heavy atom. The van der Waals surface area contributed by atoms with Gasteiger partial charge in [-0.3, -0.25) is 0 Å². The zero-order valence-corrected chi connectivity index (χ0v) is 11.0. The van der Waals surface area contributed by atoms with E-state index in [2.05, 4.69) is 4.98 Å². The summed E-state index contributed by atoms with van der Waals surface area (Å²) in [7, 11) is 0. The van der Waals surface area contributed by atoms with Crippen LogP contribution < -0.4 is 4.74 Å². The predicted octanol–water partition coefficient (Wildman–Crippen LogP) is 3.14. The minimum absolute atomic E-state index is 0.0579. The van der Waals surface area contributed by atoms with Gasteiger partial charge in [0.15, 0.2) is 5.69 Å². The number of carboxylic acid groups (broad SMARTS) is 1. The number of carboxylic acids is 1. The highest BCUT2D eigenvalue weighted by molar-refractivity contribution is 5.87. The molecule has 5 nitrogen and oxygen atoms in total. The van der Waals surface area contributed by atoms with Crippen LogP contribution in [0.1, 0.15) is 30.1 Å². The largest absolute Gasteiger partial charge is 0.491 e. The number of benzene rings is 1. The van der Waals surface area contributed by atoms with Gasteiger partial charge in [-0.25, -0.2) is 9.78 Å². The van der Waals surface area contributed by atoms with Crippen LogP contribution in [0.5, 0.6) is 5.75 Å². The average Bonchev–Trinajstić information content (AvgIpc) is 2.71. The molecule has 1 aromatic heterocycles. The molecule has 0 saturated heterocycles. The first-order valence-electron chi connectivity index (χ1n) is 5.95. The Morgan fingerprint density at radius 2 is 1.95 bits per heavy atom. The molecule has 0 unspecified atom stereocenters. The van der Waals surface area contributed by atoms with Gasteiger partial charge in [0, 0.05) is 5.56 Å². The zero-order chi connectivity index (χ0) is 14.0. The fourth-order valence-electron chi connectivity index (χ4n) is 1.67. The molecule has 0 aliphatic carbocycles. The Balaban J connectivity index is 2.27. The minimum Gasteiger partial charge on any atom is -0.491 e. The van der Waals surface area contributed by atoms with E-state index in [4.69, 9.17) is 14.3 Å². The molecule has 0 aliphatic rings. The van der Waals surface area contributed by atoms with E-state index < -0.39 is 5.97 Å². The lowest BCUT2D eigenvalue weighted by Crippen LogP contribution is -2.05. The summed E-state index contributed by atoms with van der Waals surface area (Å²) in [4.78, 5) is 14.9. The molecule has 0 radical (unpaired) electrons. The van der Waals surface area contributed by atoms with Crippen LogP contribution in [-0.4, -0.2) is 22.2 Å². The third-order valence-corrected chi connectivity index (χ3v) is 2.47. The quantitative estimate of drug-likeness (QED) is 0.915. The Kier molecular flexibility index (Phi) is 3.55. The van der Waals surface area contributed by atoms with Gasteiger partial charge in [0.2, 0.25) is 5.89 Å². The summed E-state index contributed by atoms with van der Waals surface area (Å²) >= 11 is 0. The van der Waals surface area contributed by atoms with Crippen molar-refractivity contribution in [1.29, 1.82) is 0 Å². The summed E-state index contributed by atoms with van der Waals surface area (Å²) in [5, 5.41) is 8.93. The number of aromatic nitrogens is 1. The second kappa shape index (κ2) is 5.14. The van der Waals surface area contributed by atoms with E-state index >= 15 is 0 Å². The molecule has 100 valence electrons. The molecule has 2 aromatic rings. The van der Waals surface area contributed by atoms with Gasteiger partial charge in [-0.1, -0.05) is 0 Å². The standard InChI is InChI=1S/C14H15NO4/c1-8(2)18-11-6-4-10(5-7-11)13-15-12(14(16)17)9(3)19-13/h4-8H,1-3H3,(H,16,17). The lowest BCUT2D eigenvalue weighted by atomic mass is 10.2. The van der Waals surface area contributed by atoms with E-state index in [0.717, 1.165) is 5.75 Å². The van der Waals surface area contributed by atoms with E-state index in [1.54, 1.807) is 31.2 Å². The van der Waals surface area contributed by atoms with Crippen molar-refractivity contribution in [2.45, 2.75) is 26.9 Å². The van der Waals surface area contributed by atoms with Crippen LogP contribution in [0, 0.1) is 6.92 Å². The van der Waals surface area contributed by atoms with E-state index in [0.29, 0.717) is 17.2 Å². The number of aromatic carboxylic acids is 1. The van der Waals surface area contributed by atoms with Crippen molar-refractivity contribution in [3.63, 3.8) is 0 Å². The summed E-state index contributed by atoms with van der Waals surface area (Å²) in [6.07, 6.45) is 0.105. The molecule has 0 saturated carbocycles. The lowest BCUT2D eigenvalue weighted by Gasteiger charge is -2.09. The third-order valence-electron chi connectivity index (χ3n) is 2.47. The van der Waals surface area contributed by atoms with Gasteiger partial charge in [0.25, 0.3) is 0 Å². The number of hydrogen-bond donors (Lipinski definition) is 1. The SMILES string of the molecule is Cc1oc(-c2ccc(OC(C)C)cc2)nc1C(=O)O. The van der Waals surface area contributed by atoms with Crippen molar-refractivity contribution in [1.82, 2.24) is 4.98 Å². The lowest BCUT2D eigenvalue weighted by molar-refractivity contribution is 0.0689. The second-order valence-electron chi connectivity index (χ2n) is 4.42. The van der Waals surface area contributed by atoms with Crippen LogP contribution in [0.15, 0.2) is 28.7 Å². The Bertz CT molecular complexity index is 584. The number of oxazole rings is 1. The van der Waals surface area contributed by atoms with Crippen LogP contribution in [0.3, 0.4) is 0 Å². The van der Waals surface area contributed by atoms with Crippen molar-refractivity contribution in [2.24, 2.45) is 0 Å². The highest BCUT2D eigenvalue weighted by Crippen LogP contribution is 2.24. The molecule has 2 rings (SSSR count). The molecule has 0 spiro atoms. The van der Waals surface area contributed by atoms with E-state index in [1.165, 1.54) is 0 Å². The van der Waals surface area contributed by atoms with Crippen LogP contribution in [-0.2, 0) is 0 Å². The van der Waals surface area contributed by atoms with Gasteiger partial charge in [0.1, 0.15) is 11.5 Å². The van der Waals surface area contributed by atoms with Crippen molar-refractivity contribution < 1.29 is 19.1 Å². The summed E-state index contributed by atoms with van der Waals surface area (Å²) in [6, 6.07) is 7.17. The summed E-state index contributed by atoms with van der Waals surface area (Å²) < 4.78 is 10.9. The molecule has 0 amide bonds. The van der Waals surface area contributed by atoms with Crippen molar-refractivity contribution in [3.8, 4) is 17.2 Å². The monoisotopic (exact) mass is 261 g/mol. The van der Waals surface area contributed by atoms with Gasteiger partial charge in [-0.05, 0) is 45.0 Å². The van der Waals surface area contributed by atoms with Gasteiger partial charge < -0.3 is 14.3 Å². The second-order valence-corrected chi connectivity index (χ2v) is 4.42. The number of nitrogens with zero attached hydrogens (tertiary/aromatic N) is 1. The van der Waals surface area contributed by atoms with Gasteiger partial charge >= 0.3 is 5.97 Å². The molecular formula is C14H15NO4. The molecular weight excluding hydrogens is 246 g/mol. The van der Waals surface area contributed by atoms with Crippen molar-refractivity contribution in [3.05, 3.63) is 35.7 Å². The van der Waals surface area contributed by atoms with Gasteiger partial charge in [-0.15, -0.1) is 0 Å². The molecule has 5 heteroatoms. The topological polar surface area (TPSA) is 72.6 Å². The summed E-state index contributed by atoms with van der Waals surface area (Å²) in [6.45, 7) is 5.48. The molecule has 1 heterocycles. The van der Waals surface area contributed by atoms with E-state index in [1.807, 2.05) is 13.8 Å². The Hall–Kier alpha value is -2.30. The van der Waals surface area contributed by atoms with Crippen LogP contribution in [0.4, 0.5) is 0 Å². The maximum atomic E-state index is 10.9. The Labute approximate surface area is 110 Å². The molecule has 1 N–H and O–H groups in total. The molecule has 0 fully saturated rings. The first-order valence-corrected chi connectivity index (χ1v) is 5.95. The molecule has 0 atom stereocenters. The highest BCUT2D eigenvalue weighted by Gasteiger charge is 2.16. The molecule has 0 bridgehead atoms. The normalized spacial score (nSPS) is 10.7. The van der Waals surface area contributed by atoms with Crippen LogP contribution in [0.25, 0.3) is 11.5 Å². The molecule has 1 aromatic carbocycles. The number of hydrogen-bond acceptors (Lipinski definition) is 4. The maximum Gasteiger partial charge on any atom is 0.358 e. The van der Waals surface area contributed by atoms with Crippen molar-refractivity contribution in [2.75, 3.05) is 0 Å². The number of aryl methyl sites for hydroxylation is 1. The van der Waals surface area contributed by atoms with E-state index in [-0.39, 0.29) is 11.8 Å². The Morgan fingerprint density at radius 1 is 1.32 bits per heavy atom. The highest BCUT2D eigenvalue weighted by atomic mass is 16.5.